The van der Waals surface area contributed by atoms with Gasteiger partial charge in [0.05, 0.1) is 12.0 Å². The van der Waals surface area contributed by atoms with Crippen LogP contribution in [0.2, 0.25) is 5.28 Å². The topological polar surface area (TPSA) is 87.4 Å². The molecule has 0 bridgehead atoms. The van der Waals surface area contributed by atoms with Crippen molar-refractivity contribution in [2.24, 2.45) is 0 Å². The van der Waals surface area contributed by atoms with Crippen LogP contribution in [-0.2, 0) is 6.42 Å². The average molecular weight is 310 g/mol. The third-order valence-corrected chi connectivity index (χ3v) is 2.93. The van der Waals surface area contributed by atoms with Crippen molar-refractivity contribution in [2.75, 3.05) is 7.11 Å². The van der Waals surface area contributed by atoms with Crippen molar-refractivity contribution in [2.45, 2.75) is 13.3 Å². The maximum Gasteiger partial charge on any atom is 0.349 e. The minimum atomic E-state index is -0.640. The van der Waals surface area contributed by atoms with Crippen LogP contribution in [0.5, 0.6) is 17.4 Å². The molecule has 0 aliphatic rings. The first-order valence-electron chi connectivity index (χ1n) is 6.06. The van der Waals surface area contributed by atoms with Crippen LogP contribution in [0.15, 0.2) is 24.4 Å². The molecule has 0 saturated heterocycles. The number of nitro groups is 1. The molecule has 0 fully saturated rings. The highest BCUT2D eigenvalue weighted by Crippen LogP contribution is 2.35. The Labute approximate surface area is 125 Å². The molecule has 0 N–H and O–H groups in total. The van der Waals surface area contributed by atoms with Gasteiger partial charge in [0.2, 0.25) is 5.28 Å². The number of methoxy groups -OCH3 is 1. The molecule has 0 spiro atoms. The number of rotatable bonds is 5. The third kappa shape index (κ3) is 3.38. The molecule has 0 atom stereocenters. The molecule has 0 amide bonds. The summed E-state index contributed by atoms with van der Waals surface area (Å²) in [7, 11) is 1.49. The Bertz CT molecular complexity index is 678. The van der Waals surface area contributed by atoms with E-state index in [1.54, 1.807) is 12.1 Å². The Hall–Kier alpha value is -2.41. The van der Waals surface area contributed by atoms with Crippen molar-refractivity contribution in [1.82, 2.24) is 9.97 Å². The Kier molecular flexibility index (Phi) is 4.54. The summed E-state index contributed by atoms with van der Waals surface area (Å²) in [5.41, 5.74) is 0.676. The first kappa shape index (κ1) is 15.0. The summed E-state index contributed by atoms with van der Waals surface area (Å²) >= 11 is 5.65. The molecular formula is C13H12ClN3O4. The van der Waals surface area contributed by atoms with Crippen LogP contribution in [-0.4, -0.2) is 22.0 Å². The smallest absolute Gasteiger partial charge is 0.349 e. The van der Waals surface area contributed by atoms with E-state index in [1.807, 2.05) is 13.0 Å². The molecule has 0 unspecified atom stereocenters. The van der Waals surface area contributed by atoms with Crippen molar-refractivity contribution in [1.29, 1.82) is 0 Å². The van der Waals surface area contributed by atoms with Gasteiger partial charge in [-0.2, -0.15) is 4.98 Å². The van der Waals surface area contributed by atoms with Gasteiger partial charge in [0.25, 0.3) is 0 Å². The number of aromatic nitrogens is 2. The lowest BCUT2D eigenvalue weighted by molar-refractivity contribution is -0.386. The molecule has 0 aliphatic heterocycles. The Morgan fingerprint density at radius 1 is 1.38 bits per heavy atom. The van der Waals surface area contributed by atoms with Crippen molar-refractivity contribution < 1.29 is 14.4 Å². The number of hydrogen-bond donors (Lipinski definition) is 0. The minimum Gasteiger partial charge on any atom is -0.493 e. The minimum absolute atomic E-state index is 0.139. The van der Waals surface area contributed by atoms with Crippen LogP contribution in [0.25, 0.3) is 0 Å². The lowest BCUT2D eigenvalue weighted by atomic mass is 10.1. The largest absolute Gasteiger partial charge is 0.493 e. The maximum absolute atomic E-state index is 10.9. The van der Waals surface area contributed by atoms with Gasteiger partial charge in [-0.15, -0.1) is 0 Å². The zero-order chi connectivity index (χ0) is 15.4. The summed E-state index contributed by atoms with van der Waals surface area (Å²) in [5.74, 6) is 0.536. The fourth-order valence-corrected chi connectivity index (χ4v) is 1.79. The molecule has 0 aliphatic carbocycles. The summed E-state index contributed by atoms with van der Waals surface area (Å²) in [4.78, 5) is 17.6. The van der Waals surface area contributed by atoms with E-state index < -0.39 is 4.92 Å². The van der Waals surface area contributed by atoms with Gasteiger partial charge in [-0.3, -0.25) is 10.1 Å². The lowest BCUT2D eigenvalue weighted by Gasteiger charge is -2.10. The molecule has 7 nitrogen and oxygen atoms in total. The van der Waals surface area contributed by atoms with Gasteiger partial charge in [0, 0.05) is 0 Å². The average Bonchev–Trinajstić information content (AvgIpc) is 2.47. The van der Waals surface area contributed by atoms with Gasteiger partial charge in [-0.25, -0.2) is 4.98 Å². The van der Waals surface area contributed by atoms with Gasteiger partial charge in [0.1, 0.15) is 6.20 Å². The molecule has 21 heavy (non-hydrogen) atoms. The molecule has 0 saturated carbocycles. The first-order chi connectivity index (χ1) is 10.0. The molecule has 1 heterocycles. The normalized spacial score (nSPS) is 10.2. The van der Waals surface area contributed by atoms with Crippen molar-refractivity contribution in [3.63, 3.8) is 0 Å². The fourth-order valence-electron chi connectivity index (χ4n) is 1.66. The monoisotopic (exact) mass is 309 g/mol. The lowest BCUT2D eigenvalue weighted by Crippen LogP contribution is -1.99. The zero-order valence-electron chi connectivity index (χ0n) is 11.4. The van der Waals surface area contributed by atoms with Gasteiger partial charge in [0.15, 0.2) is 11.5 Å². The highest BCUT2D eigenvalue weighted by molar-refractivity contribution is 6.28. The number of hydrogen-bond acceptors (Lipinski definition) is 6. The van der Waals surface area contributed by atoms with Crippen molar-refractivity contribution in [3.05, 3.63) is 45.4 Å². The van der Waals surface area contributed by atoms with E-state index in [4.69, 9.17) is 21.1 Å². The van der Waals surface area contributed by atoms with Gasteiger partial charge in [-0.1, -0.05) is 13.0 Å². The van der Waals surface area contributed by atoms with Gasteiger partial charge in [-0.05, 0) is 35.7 Å². The second kappa shape index (κ2) is 6.36. The highest BCUT2D eigenvalue weighted by Gasteiger charge is 2.20. The van der Waals surface area contributed by atoms with Crippen molar-refractivity contribution in [3.8, 4) is 17.4 Å². The van der Waals surface area contributed by atoms with Crippen LogP contribution in [0.1, 0.15) is 12.5 Å². The molecular weight excluding hydrogens is 298 g/mol. The van der Waals surface area contributed by atoms with E-state index in [2.05, 4.69) is 9.97 Å². The molecule has 1 aromatic heterocycles. The Morgan fingerprint density at radius 3 is 2.76 bits per heavy atom. The molecule has 110 valence electrons. The van der Waals surface area contributed by atoms with Gasteiger partial charge < -0.3 is 9.47 Å². The standard InChI is InChI=1S/C13H12ClN3O4/c1-3-8-4-5-10(11(6-8)20-2)21-12-9(17(18)19)7-15-13(14)16-12/h4-7H,3H2,1-2H3. The SMILES string of the molecule is CCc1ccc(Oc2nc(Cl)ncc2[N+](=O)[O-])c(OC)c1. The first-order valence-corrected chi connectivity index (χ1v) is 6.44. The number of aryl methyl sites for hydroxylation is 1. The van der Waals surface area contributed by atoms with E-state index in [0.29, 0.717) is 11.5 Å². The van der Waals surface area contributed by atoms with Crippen LogP contribution < -0.4 is 9.47 Å². The Morgan fingerprint density at radius 2 is 2.14 bits per heavy atom. The van der Waals surface area contributed by atoms with E-state index in [9.17, 15) is 10.1 Å². The summed E-state index contributed by atoms with van der Waals surface area (Å²) in [5, 5.41) is 10.8. The molecule has 1 aromatic carbocycles. The van der Waals surface area contributed by atoms with Gasteiger partial charge >= 0.3 is 11.6 Å². The van der Waals surface area contributed by atoms with Crippen LogP contribution >= 0.6 is 11.6 Å². The molecule has 8 heteroatoms. The molecule has 0 radical (unpaired) electrons. The van der Waals surface area contributed by atoms with Crippen LogP contribution in [0.4, 0.5) is 5.69 Å². The summed E-state index contributed by atoms with van der Waals surface area (Å²) in [6.07, 6.45) is 1.83. The zero-order valence-corrected chi connectivity index (χ0v) is 12.1. The molecule has 2 rings (SSSR count). The second-order valence-corrected chi connectivity index (χ2v) is 4.37. The van der Waals surface area contributed by atoms with E-state index in [1.165, 1.54) is 7.11 Å². The van der Waals surface area contributed by atoms with Crippen molar-refractivity contribution >= 4 is 17.3 Å². The number of ether oxygens (including phenoxy) is 2. The number of nitrogens with zero attached hydrogens (tertiary/aromatic N) is 3. The second-order valence-electron chi connectivity index (χ2n) is 4.03. The summed E-state index contributed by atoms with van der Waals surface area (Å²) in [6.45, 7) is 2.00. The predicted octanol–water partition coefficient (Wildman–Crippen LogP) is 3.40. The quantitative estimate of drug-likeness (QED) is 0.478. The number of benzene rings is 1. The van der Waals surface area contributed by atoms with Crippen LogP contribution in [0, 0.1) is 10.1 Å². The van der Waals surface area contributed by atoms with E-state index >= 15 is 0 Å². The van der Waals surface area contributed by atoms with E-state index in [0.717, 1.165) is 18.2 Å². The third-order valence-electron chi connectivity index (χ3n) is 2.75. The number of halogens is 1. The summed E-state index contributed by atoms with van der Waals surface area (Å²) < 4.78 is 10.7. The maximum atomic E-state index is 10.9. The predicted molar refractivity (Wildman–Crippen MR) is 76.1 cm³/mol. The summed E-state index contributed by atoms with van der Waals surface area (Å²) in [6, 6.07) is 5.30. The van der Waals surface area contributed by atoms with E-state index in [-0.39, 0.29) is 16.9 Å². The van der Waals surface area contributed by atoms with Crippen LogP contribution in [0.3, 0.4) is 0 Å². The molecule has 2 aromatic rings. The fraction of sp³-hybridized carbons (Fsp3) is 0.231. The highest BCUT2D eigenvalue weighted by atomic mass is 35.5. The Balaban J connectivity index is 2.42.